The van der Waals surface area contributed by atoms with Gasteiger partial charge in [0, 0.05) is 33.0 Å². The molecule has 0 aromatic heterocycles. The Morgan fingerprint density at radius 3 is 2.40 bits per heavy atom. The fourth-order valence-electron chi connectivity index (χ4n) is 4.52. The van der Waals surface area contributed by atoms with Gasteiger partial charge in [-0.25, -0.2) is 0 Å². The standard InChI is InChI=1S/C29H35N3O3/c1-18-7-6-8-22(13-18)16-32(21(4)33)17-24-14-23(10-9-19(24)2)26(15-28(34)35)25-11-12-27(31-5)29(30)20(25)3/h6-14,26,31H,15-17,30H2,1-5H3,(H,34,35). The molecule has 4 N–H and O–H groups in total. The van der Waals surface area contributed by atoms with Gasteiger partial charge in [-0.1, -0.05) is 54.1 Å². The fraction of sp³-hybridized carbons (Fsp3) is 0.310. The minimum Gasteiger partial charge on any atom is -0.481 e. The molecular weight excluding hydrogens is 438 g/mol. The molecule has 0 saturated carbocycles. The van der Waals surface area contributed by atoms with E-state index in [1.54, 1.807) is 6.92 Å². The molecule has 0 fully saturated rings. The molecule has 1 amide bonds. The lowest BCUT2D eigenvalue weighted by Gasteiger charge is -2.25. The number of carboxylic acids is 1. The number of nitrogens with two attached hydrogens (primary N) is 1. The normalized spacial score (nSPS) is 11.7. The molecule has 0 heterocycles. The highest BCUT2D eigenvalue weighted by molar-refractivity contribution is 5.74. The maximum atomic E-state index is 12.5. The minimum atomic E-state index is -0.877. The van der Waals surface area contributed by atoms with E-state index in [1.807, 2.05) is 81.2 Å². The molecule has 3 aromatic carbocycles. The summed E-state index contributed by atoms with van der Waals surface area (Å²) in [4.78, 5) is 26.2. The Morgan fingerprint density at radius 1 is 1.03 bits per heavy atom. The second kappa shape index (κ2) is 11.1. The SMILES string of the molecule is CNc1ccc(C(CC(=O)O)c2ccc(C)c(CN(Cc3cccc(C)c3)C(C)=O)c2)c(C)c1N. The summed E-state index contributed by atoms with van der Waals surface area (Å²) in [5.74, 6) is -1.25. The van der Waals surface area contributed by atoms with E-state index in [4.69, 9.17) is 5.73 Å². The topological polar surface area (TPSA) is 95.7 Å². The summed E-state index contributed by atoms with van der Waals surface area (Å²) < 4.78 is 0. The van der Waals surface area contributed by atoms with Gasteiger partial charge in [-0.2, -0.15) is 0 Å². The Hall–Kier alpha value is -3.80. The summed E-state index contributed by atoms with van der Waals surface area (Å²) in [6.45, 7) is 8.52. The van der Waals surface area contributed by atoms with Crippen LogP contribution in [0.5, 0.6) is 0 Å². The number of nitrogens with zero attached hydrogens (tertiary/aromatic N) is 1. The fourth-order valence-corrected chi connectivity index (χ4v) is 4.52. The first-order valence-corrected chi connectivity index (χ1v) is 11.8. The van der Waals surface area contributed by atoms with Crippen LogP contribution >= 0.6 is 0 Å². The lowest BCUT2D eigenvalue weighted by molar-refractivity contribution is -0.137. The summed E-state index contributed by atoms with van der Waals surface area (Å²) in [6, 6.07) is 18.0. The zero-order chi connectivity index (χ0) is 25.7. The van der Waals surface area contributed by atoms with E-state index in [0.717, 1.165) is 44.6 Å². The van der Waals surface area contributed by atoms with Gasteiger partial charge in [-0.3, -0.25) is 9.59 Å². The molecule has 0 saturated heterocycles. The van der Waals surface area contributed by atoms with Crippen LogP contribution in [0.25, 0.3) is 0 Å². The number of nitrogen functional groups attached to an aromatic ring is 1. The average Bonchev–Trinajstić information content (AvgIpc) is 2.80. The van der Waals surface area contributed by atoms with Gasteiger partial charge in [0.25, 0.3) is 0 Å². The van der Waals surface area contributed by atoms with E-state index >= 15 is 0 Å². The van der Waals surface area contributed by atoms with Crippen LogP contribution in [-0.4, -0.2) is 28.9 Å². The number of nitrogens with one attached hydrogen (secondary N) is 1. The van der Waals surface area contributed by atoms with Crippen LogP contribution in [0.2, 0.25) is 0 Å². The van der Waals surface area contributed by atoms with Crippen LogP contribution in [0.15, 0.2) is 54.6 Å². The quantitative estimate of drug-likeness (QED) is 0.362. The Kier molecular flexibility index (Phi) is 8.18. The number of aliphatic carboxylic acids is 1. The molecule has 0 aliphatic heterocycles. The zero-order valence-electron chi connectivity index (χ0n) is 21.2. The second-order valence-corrected chi connectivity index (χ2v) is 9.19. The minimum absolute atomic E-state index is 0.00957. The molecule has 6 nitrogen and oxygen atoms in total. The Bertz CT molecular complexity index is 1240. The highest BCUT2D eigenvalue weighted by atomic mass is 16.4. The van der Waals surface area contributed by atoms with Crippen molar-refractivity contribution in [1.29, 1.82) is 0 Å². The third-order valence-corrected chi connectivity index (χ3v) is 6.62. The van der Waals surface area contributed by atoms with Gasteiger partial charge in [-0.15, -0.1) is 0 Å². The number of anilines is 2. The average molecular weight is 474 g/mol. The predicted molar refractivity (Wildman–Crippen MR) is 142 cm³/mol. The number of benzene rings is 3. The number of hydrogen-bond acceptors (Lipinski definition) is 4. The zero-order valence-corrected chi connectivity index (χ0v) is 21.2. The largest absolute Gasteiger partial charge is 0.481 e. The number of aryl methyl sites for hydroxylation is 2. The number of carboxylic acid groups (broad SMARTS) is 1. The van der Waals surface area contributed by atoms with Gasteiger partial charge >= 0.3 is 5.97 Å². The van der Waals surface area contributed by atoms with Crippen molar-refractivity contribution in [2.75, 3.05) is 18.1 Å². The van der Waals surface area contributed by atoms with Crippen molar-refractivity contribution in [1.82, 2.24) is 4.90 Å². The van der Waals surface area contributed by atoms with E-state index in [-0.39, 0.29) is 18.2 Å². The van der Waals surface area contributed by atoms with Gasteiger partial charge in [0.15, 0.2) is 0 Å². The van der Waals surface area contributed by atoms with Crippen LogP contribution in [-0.2, 0) is 22.7 Å². The van der Waals surface area contributed by atoms with Crippen molar-refractivity contribution in [3.63, 3.8) is 0 Å². The molecule has 3 rings (SSSR count). The first-order chi connectivity index (χ1) is 16.6. The van der Waals surface area contributed by atoms with E-state index in [1.165, 1.54) is 0 Å². The molecule has 6 heteroatoms. The Morgan fingerprint density at radius 2 is 1.77 bits per heavy atom. The number of amides is 1. The Labute approximate surface area is 207 Å². The molecule has 0 bridgehead atoms. The maximum Gasteiger partial charge on any atom is 0.304 e. The highest BCUT2D eigenvalue weighted by Crippen LogP contribution is 2.36. The summed E-state index contributed by atoms with van der Waals surface area (Å²) in [7, 11) is 1.81. The molecule has 3 aromatic rings. The molecule has 0 aliphatic carbocycles. The van der Waals surface area contributed by atoms with Gasteiger partial charge in [0.2, 0.25) is 5.91 Å². The monoisotopic (exact) mass is 473 g/mol. The van der Waals surface area contributed by atoms with Gasteiger partial charge in [0.05, 0.1) is 17.8 Å². The van der Waals surface area contributed by atoms with E-state index in [0.29, 0.717) is 18.8 Å². The number of rotatable bonds is 9. The molecule has 35 heavy (non-hydrogen) atoms. The predicted octanol–water partition coefficient (Wildman–Crippen LogP) is 5.39. The van der Waals surface area contributed by atoms with Crippen molar-refractivity contribution in [2.45, 2.75) is 53.1 Å². The number of hydrogen-bond donors (Lipinski definition) is 3. The van der Waals surface area contributed by atoms with Crippen LogP contribution < -0.4 is 11.1 Å². The maximum absolute atomic E-state index is 12.5. The first-order valence-electron chi connectivity index (χ1n) is 11.8. The van der Waals surface area contributed by atoms with Crippen LogP contribution in [0.4, 0.5) is 11.4 Å². The van der Waals surface area contributed by atoms with Crippen LogP contribution in [0.1, 0.15) is 58.2 Å². The van der Waals surface area contributed by atoms with Crippen LogP contribution in [0.3, 0.4) is 0 Å². The summed E-state index contributed by atoms with van der Waals surface area (Å²) in [5, 5.41) is 12.8. The molecule has 0 spiro atoms. The van der Waals surface area contributed by atoms with Gasteiger partial charge < -0.3 is 21.1 Å². The van der Waals surface area contributed by atoms with E-state index < -0.39 is 5.97 Å². The summed E-state index contributed by atoms with van der Waals surface area (Å²) >= 11 is 0. The lowest BCUT2D eigenvalue weighted by atomic mass is 9.84. The highest BCUT2D eigenvalue weighted by Gasteiger charge is 2.23. The van der Waals surface area contributed by atoms with E-state index in [9.17, 15) is 14.7 Å². The molecule has 0 radical (unpaired) electrons. The molecule has 1 unspecified atom stereocenters. The van der Waals surface area contributed by atoms with Crippen molar-refractivity contribution in [3.8, 4) is 0 Å². The van der Waals surface area contributed by atoms with E-state index in [2.05, 4.69) is 11.4 Å². The number of carbonyl (C=O) groups excluding carboxylic acids is 1. The summed E-state index contributed by atoms with van der Waals surface area (Å²) in [5.41, 5.74) is 14.7. The second-order valence-electron chi connectivity index (χ2n) is 9.19. The summed E-state index contributed by atoms with van der Waals surface area (Å²) in [6.07, 6.45) is -0.0542. The smallest absolute Gasteiger partial charge is 0.304 e. The molecular formula is C29H35N3O3. The van der Waals surface area contributed by atoms with Crippen LogP contribution in [0, 0.1) is 20.8 Å². The van der Waals surface area contributed by atoms with Gasteiger partial charge in [-0.05, 0) is 60.2 Å². The third kappa shape index (κ3) is 6.21. The first kappa shape index (κ1) is 25.8. The number of carbonyl (C=O) groups is 2. The lowest BCUT2D eigenvalue weighted by Crippen LogP contribution is -2.28. The molecule has 1 atom stereocenters. The van der Waals surface area contributed by atoms with Crippen molar-refractivity contribution >= 4 is 23.3 Å². The van der Waals surface area contributed by atoms with Gasteiger partial charge in [0.1, 0.15) is 0 Å². The third-order valence-electron chi connectivity index (χ3n) is 6.62. The molecule has 184 valence electrons. The molecule has 0 aliphatic rings. The van der Waals surface area contributed by atoms with Crippen molar-refractivity contribution in [2.24, 2.45) is 0 Å². The van der Waals surface area contributed by atoms with Crippen molar-refractivity contribution in [3.05, 3.63) is 93.5 Å². The Balaban J connectivity index is 1.99. The van der Waals surface area contributed by atoms with Crippen molar-refractivity contribution < 1.29 is 14.7 Å².